The van der Waals surface area contributed by atoms with E-state index in [1.807, 2.05) is 19.1 Å². The quantitative estimate of drug-likeness (QED) is 0.887. The van der Waals surface area contributed by atoms with Crippen LogP contribution in [0.4, 0.5) is 0 Å². The molecule has 1 atom stereocenters. The molecule has 2 rings (SSSR count). The number of aromatic nitrogens is 3. The summed E-state index contributed by atoms with van der Waals surface area (Å²) in [6.07, 6.45) is 2.18. The average Bonchev–Trinajstić information content (AvgIpc) is 2.74. The lowest BCUT2D eigenvalue weighted by Gasteiger charge is -2.25. The van der Waals surface area contributed by atoms with Gasteiger partial charge in [0.05, 0.1) is 5.69 Å². The smallest absolute Gasteiger partial charge is 0.159 e. The van der Waals surface area contributed by atoms with E-state index in [9.17, 15) is 5.11 Å². The predicted molar refractivity (Wildman–Crippen MR) is 71.5 cm³/mol. The molecule has 2 heterocycles. The van der Waals surface area contributed by atoms with E-state index < -0.39 is 5.60 Å². The topological polar surface area (TPSA) is 50.4 Å². The lowest BCUT2D eigenvalue weighted by atomic mass is 9.86. The Hall–Kier alpha value is -1.42. The van der Waals surface area contributed by atoms with Crippen molar-refractivity contribution in [2.45, 2.75) is 52.1 Å². The maximum Gasteiger partial charge on any atom is 0.159 e. The van der Waals surface area contributed by atoms with Crippen molar-refractivity contribution in [2.75, 3.05) is 0 Å². The first kappa shape index (κ1) is 13.0. The van der Waals surface area contributed by atoms with Crippen LogP contribution >= 0.6 is 0 Å². The highest BCUT2D eigenvalue weighted by Gasteiger charge is 2.27. The lowest BCUT2D eigenvalue weighted by molar-refractivity contribution is 0.0462. The van der Waals surface area contributed by atoms with E-state index in [0.29, 0.717) is 6.42 Å². The van der Waals surface area contributed by atoms with Crippen molar-refractivity contribution < 1.29 is 5.11 Å². The summed E-state index contributed by atoms with van der Waals surface area (Å²) in [5, 5.41) is 14.7. The minimum Gasteiger partial charge on any atom is -0.384 e. The molecule has 0 radical (unpaired) electrons. The van der Waals surface area contributed by atoms with E-state index >= 15 is 0 Å². The molecule has 98 valence electrons. The van der Waals surface area contributed by atoms with Crippen molar-refractivity contribution in [1.29, 1.82) is 0 Å². The molecule has 0 unspecified atom stereocenters. The maximum atomic E-state index is 10.4. The summed E-state index contributed by atoms with van der Waals surface area (Å²) in [5.74, 6) is 0. The Kier molecular flexibility index (Phi) is 2.93. The van der Waals surface area contributed by atoms with Gasteiger partial charge in [0.1, 0.15) is 11.9 Å². The molecule has 0 saturated carbocycles. The normalized spacial score (nSPS) is 15.9. The molecule has 0 bridgehead atoms. The van der Waals surface area contributed by atoms with E-state index in [0.717, 1.165) is 16.9 Å². The summed E-state index contributed by atoms with van der Waals surface area (Å²) >= 11 is 0. The largest absolute Gasteiger partial charge is 0.384 e. The highest BCUT2D eigenvalue weighted by atomic mass is 16.3. The number of rotatable bonds is 2. The fourth-order valence-corrected chi connectivity index (χ4v) is 2.08. The molecule has 4 nitrogen and oxygen atoms in total. The molecule has 0 aliphatic carbocycles. The van der Waals surface area contributed by atoms with Crippen LogP contribution in [-0.2, 0) is 11.0 Å². The van der Waals surface area contributed by atoms with Gasteiger partial charge in [-0.05, 0) is 24.8 Å². The van der Waals surface area contributed by atoms with Gasteiger partial charge in [-0.25, -0.2) is 9.50 Å². The Labute approximate surface area is 108 Å². The fourth-order valence-electron chi connectivity index (χ4n) is 2.08. The van der Waals surface area contributed by atoms with E-state index in [4.69, 9.17) is 0 Å². The molecule has 2 aromatic rings. The lowest BCUT2D eigenvalue weighted by Crippen LogP contribution is -2.25. The second kappa shape index (κ2) is 4.05. The van der Waals surface area contributed by atoms with Crippen LogP contribution in [0.5, 0.6) is 0 Å². The van der Waals surface area contributed by atoms with Crippen molar-refractivity contribution in [1.82, 2.24) is 14.6 Å². The van der Waals surface area contributed by atoms with E-state index in [1.54, 1.807) is 17.8 Å². The third-order valence-corrected chi connectivity index (χ3v) is 3.47. The van der Waals surface area contributed by atoms with Gasteiger partial charge in [-0.15, -0.1) is 0 Å². The Morgan fingerprint density at radius 1 is 1.22 bits per heavy atom. The molecular formula is C14H21N3O. The van der Waals surface area contributed by atoms with Gasteiger partial charge in [-0.1, -0.05) is 33.8 Å². The first-order valence-corrected chi connectivity index (χ1v) is 6.33. The standard InChI is InChI=1S/C14H21N3O/c1-6-14(5,18)11-8-7-10(13(2,3)4)12-15-9-16-17(11)12/h7-9,18H,6H2,1-5H3/t14-/m0/s1. The summed E-state index contributed by atoms with van der Waals surface area (Å²) in [4.78, 5) is 4.33. The molecule has 4 heteroatoms. The second-order valence-corrected chi connectivity index (χ2v) is 6.01. The summed E-state index contributed by atoms with van der Waals surface area (Å²) in [6.45, 7) is 10.2. The molecule has 0 aromatic carbocycles. The summed E-state index contributed by atoms with van der Waals surface area (Å²) in [6, 6.07) is 4.00. The Morgan fingerprint density at radius 2 is 1.89 bits per heavy atom. The zero-order valence-electron chi connectivity index (χ0n) is 11.7. The van der Waals surface area contributed by atoms with E-state index in [-0.39, 0.29) is 5.41 Å². The zero-order chi connectivity index (χ0) is 13.6. The SMILES string of the molecule is CC[C@](C)(O)c1ccc(C(C)(C)C)c2ncnn12. The van der Waals surface area contributed by atoms with Gasteiger partial charge in [0, 0.05) is 5.56 Å². The van der Waals surface area contributed by atoms with Crippen molar-refractivity contribution >= 4 is 5.65 Å². The monoisotopic (exact) mass is 247 g/mol. The molecule has 18 heavy (non-hydrogen) atoms. The Balaban J connectivity index is 2.73. The van der Waals surface area contributed by atoms with Crippen LogP contribution in [0, 0.1) is 0 Å². The highest BCUT2D eigenvalue weighted by Crippen LogP contribution is 2.30. The summed E-state index contributed by atoms with van der Waals surface area (Å²) in [7, 11) is 0. The van der Waals surface area contributed by atoms with Crippen molar-refractivity contribution in [2.24, 2.45) is 0 Å². The number of pyridine rings is 1. The van der Waals surface area contributed by atoms with Gasteiger partial charge in [0.2, 0.25) is 0 Å². The van der Waals surface area contributed by atoms with Crippen molar-refractivity contribution in [3.8, 4) is 0 Å². The van der Waals surface area contributed by atoms with Crippen molar-refractivity contribution in [3.05, 3.63) is 29.7 Å². The van der Waals surface area contributed by atoms with Crippen LogP contribution in [0.1, 0.15) is 52.3 Å². The molecule has 0 spiro atoms. The van der Waals surface area contributed by atoms with Crippen LogP contribution in [0.25, 0.3) is 5.65 Å². The summed E-state index contributed by atoms with van der Waals surface area (Å²) in [5.41, 5.74) is 1.86. The predicted octanol–water partition coefficient (Wildman–Crippen LogP) is 2.64. The number of hydrogen-bond acceptors (Lipinski definition) is 3. The highest BCUT2D eigenvalue weighted by molar-refractivity contribution is 5.51. The molecule has 1 N–H and O–H groups in total. The third kappa shape index (κ3) is 2.01. The van der Waals surface area contributed by atoms with Crippen LogP contribution in [0.2, 0.25) is 0 Å². The first-order valence-electron chi connectivity index (χ1n) is 6.33. The number of nitrogens with zero attached hydrogens (tertiary/aromatic N) is 3. The average molecular weight is 247 g/mol. The number of fused-ring (bicyclic) bond motifs is 1. The van der Waals surface area contributed by atoms with Gasteiger partial charge in [-0.3, -0.25) is 0 Å². The van der Waals surface area contributed by atoms with Gasteiger partial charge >= 0.3 is 0 Å². The Bertz CT molecular complexity index is 564. The van der Waals surface area contributed by atoms with Gasteiger partial charge in [0.15, 0.2) is 5.65 Å². The number of aliphatic hydroxyl groups is 1. The second-order valence-electron chi connectivity index (χ2n) is 6.01. The van der Waals surface area contributed by atoms with Crippen LogP contribution in [0.3, 0.4) is 0 Å². The molecule has 0 saturated heterocycles. The van der Waals surface area contributed by atoms with Gasteiger partial charge in [-0.2, -0.15) is 5.10 Å². The third-order valence-electron chi connectivity index (χ3n) is 3.47. The minimum atomic E-state index is -0.887. The maximum absolute atomic E-state index is 10.4. The molecule has 2 aromatic heterocycles. The van der Waals surface area contributed by atoms with Gasteiger partial charge < -0.3 is 5.11 Å². The molecule has 0 aliphatic rings. The first-order chi connectivity index (χ1) is 8.27. The van der Waals surface area contributed by atoms with E-state index in [2.05, 4.69) is 30.9 Å². The van der Waals surface area contributed by atoms with Gasteiger partial charge in [0.25, 0.3) is 0 Å². The van der Waals surface area contributed by atoms with Crippen LogP contribution < -0.4 is 0 Å². The molecule has 0 fully saturated rings. The number of hydrogen-bond donors (Lipinski definition) is 1. The Morgan fingerprint density at radius 3 is 2.44 bits per heavy atom. The molecular weight excluding hydrogens is 226 g/mol. The van der Waals surface area contributed by atoms with E-state index in [1.165, 1.54) is 0 Å². The molecule has 0 amide bonds. The van der Waals surface area contributed by atoms with Crippen LogP contribution in [0.15, 0.2) is 18.5 Å². The zero-order valence-corrected chi connectivity index (χ0v) is 11.7. The fraction of sp³-hybridized carbons (Fsp3) is 0.571. The minimum absolute atomic E-state index is 0.00485. The summed E-state index contributed by atoms with van der Waals surface area (Å²) < 4.78 is 1.75. The molecule has 0 aliphatic heterocycles. The van der Waals surface area contributed by atoms with Crippen LogP contribution in [-0.4, -0.2) is 19.7 Å². The van der Waals surface area contributed by atoms with Crippen molar-refractivity contribution in [3.63, 3.8) is 0 Å².